The standard InChI is InChI=1S/C34H50N4O4/c1-26(35-2)32(39)36-31(23-28-15-8-4-9-16-28)33(40)38-21-12-19-30(38)24-37(22-20-27-13-6-3-7-14-27)34(41)42-25-29-17-10-5-11-18-29/h3,5-7,10-11,13-14,17-18,26,28,30-31,33,35,40H,4,8-9,12,15-16,19-25H2,1-2H3,(H,36,39)/t26-,30-,31-,33?/m0/s1. The zero-order valence-corrected chi connectivity index (χ0v) is 25.4. The highest BCUT2D eigenvalue weighted by molar-refractivity contribution is 5.81. The summed E-state index contributed by atoms with van der Waals surface area (Å²) in [6, 6.07) is 19.2. The van der Waals surface area contributed by atoms with Crippen LogP contribution in [-0.2, 0) is 22.6 Å². The summed E-state index contributed by atoms with van der Waals surface area (Å²) in [6.07, 6.45) is 8.11. The van der Waals surface area contributed by atoms with Gasteiger partial charge in [-0.15, -0.1) is 0 Å². The fraction of sp³-hybridized carbons (Fsp3) is 0.588. The van der Waals surface area contributed by atoms with Gasteiger partial charge in [0.15, 0.2) is 0 Å². The van der Waals surface area contributed by atoms with Gasteiger partial charge in [0.1, 0.15) is 12.8 Å². The van der Waals surface area contributed by atoms with Gasteiger partial charge in [0.2, 0.25) is 5.91 Å². The number of benzene rings is 2. The number of nitrogens with zero attached hydrogens (tertiary/aromatic N) is 2. The van der Waals surface area contributed by atoms with Crippen molar-refractivity contribution in [3.05, 3.63) is 71.8 Å². The molecule has 0 radical (unpaired) electrons. The molecule has 1 unspecified atom stereocenters. The molecule has 8 heteroatoms. The number of aliphatic hydroxyl groups is 1. The maximum atomic E-state index is 13.4. The molecule has 0 bridgehead atoms. The minimum atomic E-state index is -0.816. The molecule has 4 atom stereocenters. The van der Waals surface area contributed by atoms with Crippen LogP contribution in [0.2, 0.25) is 0 Å². The Kier molecular flexibility index (Phi) is 12.7. The fourth-order valence-electron chi connectivity index (χ4n) is 6.34. The van der Waals surface area contributed by atoms with Crippen molar-refractivity contribution in [3.8, 4) is 0 Å². The van der Waals surface area contributed by atoms with Crippen molar-refractivity contribution in [2.75, 3.05) is 26.7 Å². The summed E-state index contributed by atoms with van der Waals surface area (Å²) in [4.78, 5) is 30.2. The van der Waals surface area contributed by atoms with E-state index < -0.39 is 6.23 Å². The van der Waals surface area contributed by atoms with Crippen molar-refractivity contribution < 1.29 is 19.4 Å². The Labute approximate surface area is 251 Å². The van der Waals surface area contributed by atoms with E-state index in [1.807, 2.05) is 55.5 Å². The van der Waals surface area contributed by atoms with E-state index in [1.165, 1.54) is 19.3 Å². The predicted octanol–water partition coefficient (Wildman–Crippen LogP) is 4.71. The summed E-state index contributed by atoms with van der Waals surface area (Å²) in [5, 5.41) is 18.0. The number of nitrogens with one attached hydrogen (secondary N) is 2. The molecular weight excluding hydrogens is 528 g/mol. The quantitative estimate of drug-likeness (QED) is 0.301. The van der Waals surface area contributed by atoms with Crippen LogP contribution >= 0.6 is 0 Å². The summed E-state index contributed by atoms with van der Waals surface area (Å²) in [6.45, 7) is 3.78. The lowest BCUT2D eigenvalue weighted by Crippen LogP contribution is -2.57. The topological polar surface area (TPSA) is 94.1 Å². The van der Waals surface area contributed by atoms with Gasteiger partial charge in [0, 0.05) is 25.7 Å². The Morgan fingerprint density at radius 2 is 1.64 bits per heavy atom. The third kappa shape index (κ3) is 9.54. The average molecular weight is 579 g/mol. The van der Waals surface area contributed by atoms with Crippen LogP contribution in [0.4, 0.5) is 4.79 Å². The molecule has 2 amide bonds. The van der Waals surface area contributed by atoms with Crippen molar-refractivity contribution in [1.29, 1.82) is 0 Å². The van der Waals surface area contributed by atoms with Gasteiger partial charge in [0.05, 0.1) is 12.1 Å². The molecule has 4 rings (SSSR count). The Morgan fingerprint density at radius 3 is 2.31 bits per heavy atom. The molecule has 8 nitrogen and oxygen atoms in total. The molecule has 42 heavy (non-hydrogen) atoms. The van der Waals surface area contributed by atoms with Crippen LogP contribution in [-0.4, -0.2) is 77.9 Å². The second-order valence-corrected chi connectivity index (χ2v) is 12.0. The lowest BCUT2D eigenvalue weighted by atomic mass is 9.84. The maximum Gasteiger partial charge on any atom is 0.410 e. The molecule has 1 aliphatic carbocycles. The van der Waals surface area contributed by atoms with Crippen LogP contribution in [0.1, 0.15) is 69.4 Å². The highest BCUT2D eigenvalue weighted by Crippen LogP contribution is 2.30. The first-order valence-electron chi connectivity index (χ1n) is 15.9. The normalized spacial score (nSPS) is 20.0. The zero-order chi connectivity index (χ0) is 29.7. The van der Waals surface area contributed by atoms with Gasteiger partial charge in [-0.3, -0.25) is 9.69 Å². The number of aliphatic hydroxyl groups excluding tert-OH is 1. The third-order valence-corrected chi connectivity index (χ3v) is 9.00. The number of hydrogen-bond acceptors (Lipinski definition) is 6. The number of carbonyl (C=O) groups excluding carboxylic acids is 2. The molecule has 2 fully saturated rings. The summed E-state index contributed by atoms with van der Waals surface area (Å²) in [7, 11) is 1.77. The third-order valence-electron chi connectivity index (χ3n) is 9.00. The van der Waals surface area contributed by atoms with Crippen molar-refractivity contribution in [2.45, 2.75) is 95.7 Å². The van der Waals surface area contributed by atoms with Crippen LogP contribution in [0.3, 0.4) is 0 Å². The summed E-state index contributed by atoms with van der Waals surface area (Å²) >= 11 is 0. The van der Waals surface area contributed by atoms with E-state index in [4.69, 9.17) is 4.74 Å². The molecule has 2 aliphatic rings. The summed E-state index contributed by atoms with van der Waals surface area (Å²) < 4.78 is 5.77. The molecule has 0 aromatic heterocycles. The Balaban J connectivity index is 1.46. The lowest BCUT2D eigenvalue weighted by Gasteiger charge is -2.38. The molecule has 1 aliphatic heterocycles. The van der Waals surface area contributed by atoms with Crippen molar-refractivity contribution in [2.24, 2.45) is 5.92 Å². The van der Waals surface area contributed by atoms with Gasteiger partial charge in [-0.05, 0) is 56.7 Å². The van der Waals surface area contributed by atoms with Crippen LogP contribution in [0.15, 0.2) is 60.7 Å². The number of hydrogen-bond donors (Lipinski definition) is 3. The van der Waals surface area contributed by atoms with Crippen LogP contribution in [0.25, 0.3) is 0 Å². The number of amides is 2. The monoisotopic (exact) mass is 578 g/mol. The second-order valence-electron chi connectivity index (χ2n) is 12.0. The molecule has 1 saturated carbocycles. The van der Waals surface area contributed by atoms with Gasteiger partial charge in [-0.2, -0.15) is 0 Å². The van der Waals surface area contributed by atoms with Crippen LogP contribution < -0.4 is 10.6 Å². The molecule has 1 saturated heterocycles. The smallest absolute Gasteiger partial charge is 0.410 e. The van der Waals surface area contributed by atoms with Crippen LogP contribution in [0, 0.1) is 5.92 Å². The Morgan fingerprint density at radius 1 is 0.976 bits per heavy atom. The number of carbonyl (C=O) groups is 2. The number of likely N-dealkylation sites (N-methyl/N-ethyl adjacent to an activating group) is 1. The SMILES string of the molecule is CN[C@@H](C)C(=O)N[C@@H](CC1CCCCC1)C(O)N1CCC[C@H]1CN(CCc1ccccc1)C(=O)OCc1ccccc1. The van der Waals surface area contributed by atoms with Gasteiger partial charge >= 0.3 is 6.09 Å². The fourth-order valence-corrected chi connectivity index (χ4v) is 6.34. The first kappa shape index (κ1) is 32.0. The number of ether oxygens (including phenoxy) is 1. The maximum absolute atomic E-state index is 13.4. The minimum Gasteiger partial charge on any atom is -0.445 e. The highest BCUT2D eigenvalue weighted by atomic mass is 16.6. The zero-order valence-electron chi connectivity index (χ0n) is 25.4. The summed E-state index contributed by atoms with van der Waals surface area (Å²) in [5.41, 5.74) is 2.11. The van der Waals surface area contributed by atoms with Gasteiger partial charge in [0.25, 0.3) is 0 Å². The average Bonchev–Trinajstić information content (AvgIpc) is 3.50. The van der Waals surface area contributed by atoms with E-state index in [9.17, 15) is 14.7 Å². The lowest BCUT2D eigenvalue weighted by molar-refractivity contribution is -0.126. The molecule has 0 spiro atoms. The van der Waals surface area contributed by atoms with Gasteiger partial charge < -0.3 is 25.4 Å². The van der Waals surface area contributed by atoms with E-state index in [1.54, 1.807) is 11.9 Å². The van der Waals surface area contributed by atoms with E-state index in [0.29, 0.717) is 19.0 Å². The van der Waals surface area contributed by atoms with Crippen LogP contribution in [0.5, 0.6) is 0 Å². The molecular formula is C34H50N4O4. The summed E-state index contributed by atoms with van der Waals surface area (Å²) in [5.74, 6) is 0.405. The molecule has 2 aromatic carbocycles. The molecule has 230 valence electrons. The second kappa shape index (κ2) is 16.6. The highest BCUT2D eigenvalue weighted by Gasteiger charge is 2.38. The number of rotatable bonds is 14. The van der Waals surface area contributed by atoms with E-state index in [2.05, 4.69) is 27.7 Å². The van der Waals surface area contributed by atoms with Crippen molar-refractivity contribution in [1.82, 2.24) is 20.4 Å². The van der Waals surface area contributed by atoms with E-state index in [0.717, 1.165) is 56.2 Å². The first-order chi connectivity index (χ1) is 20.4. The number of likely N-dealkylation sites (tertiary alicyclic amines) is 1. The minimum absolute atomic E-state index is 0.0208. The molecule has 3 N–H and O–H groups in total. The molecule has 1 heterocycles. The van der Waals surface area contributed by atoms with E-state index in [-0.39, 0.29) is 36.7 Å². The first-order valence-corrected chi connectivity index (χ1v) is 15.9. The Hall–Kier alpha value is -2.94. The van der Waals surface area contributed by atoms with Gasteiger partial charge in [-0.25, -0.2) is 4.79 Å². The van der Waals surface area contributed by atoms with Crippen molar-refractivity contribution >= 4 is 12.0 Å². The largest absolute Gasteiger partial charge is 0.445 e. The Bertz CT molecular complexity index is 1080. The van der Waals surface area contributed by atoms with Crippen molar-refractivity contribution in [3.63, 3.8) is 0 Å². The molecule has 2 aromatic rings. The van der Waals surface area contributed by atoms with E-state index >= 15 is 0 Å². The predicted molar refractivity (Wildman–Crippen MR) is 166 cm³/mol. The van der Waals surface area contributed by atoms with Gasteiger partial charge in [-0.1, -0.05) is 92.8 Å².